The molecule has 0 fully saturated rings. The van der Waals surface area contributed by atoms with Crippen LogP contribution in [0.25, 0.3) is 0 Å². The maximum atomic E-state index is 10.3. The van der Waals surface area contributed by atoms with Crippen molar-refractivity contribution in [1.82, 2.24) is 9.88 Å². The number of aliphatic hydroxyl groups is 1. The second kappa shape index (κ2) is 7.53. The topological polar surface area (TPSA) is 60.2 Å². The summed E-state index contributed by atoms with van der Waals surface area (Å²) in [6.07, 6.45) is 0.759. The highest BCUT2D eigenvalue weighted by Crippen LogP contribution is 2.20. The molecule has 0 aliphatic rings. The summed E-state index contributed by atoms with van der Waals surface area (Å²) in [6, 6.07) is 17.6. The first-order chi connectivity index (χ1) is 10.2. The van der Waals surface area contributed by atoms with E-state index in [1.165, 1.54) is 5.56 Å². The second-order valence-corrected chi connectivity index (χ2v) is 5.12. The van der Waals surface area contributed by atoms with Crippen LogP contribution in [0.3, 0.4) is 0 Å². The summed E-state index contributed by atoms with van der Waals surface area (Å²) in [4.78, 5) is 6.16. The Morgan fingerprint density at radius 2 is 1.90 bits per heavy atom. The van der Waals surface area contributed by atoms with Crippen LogP contribution in [0, 0.1) is 17.2 Å². The Labute approximate surface area is 125 Å². The van der Waals surface area contributed by atoms with Gasteiger partial charge in [0.25, 0.3) is 0 Å². The van der Waals surface area contributed by atoms with Crippen molar-refractivity contribution >= 4 is 0 Å². The fraction of sp³-hybridized carbons (Fsp3) is 0.294. The third-order valence-electron chi connectivity index (χ3n) is 3.34. The Hall–Kier alpha value is -2.22. The van der Waals surface area contributed by atoms with Crippen molar-refractivity contribution in [2.75, 3.05) is 13.6 Å². The Morgan fingerprint density at radius 1 is 1.19 bits per heavy atom. The van der Waals surface area contributed by atoms with Crippen LogP contribution >= 0.6 is 0 Å². The molecule has 1 heterocycles. The van der Waals surface area contributed by atoms with Crippen LogP contribution < -0.4 is 0 Å². The van der Waals surface area contributed by atoms with Crippen LogP contribution in [-0.4, -0.2) is 28.6 Å². The van der Waals surface area contributed by atoms with Crippen LogP contribution in [0.5, 0.6) is 0 Å². The van der Waals surface area contributed by atoms with Gasteiger partial charge < -0.3 is 10.0 Å². The van der Waals surface area contributed by atoms with E-state index >= 15 is 0 Å². The second-order valence-electron chi connectivity index (χ2n) is 5.12. The van der Waals surface area contributed by atoms with Crippen LogP contribution in [0.2, 0.25) is 0 Å². The maximum absolute atomic E-state index is 10.3. The SMILES string of the molecule is CN(Cc1ccccc1)C[C@H](C#N)[C@@H](O)c1ccccn1. The lowest BCUT2D eigenvalue weighted by atomic mass is 10.00. The summed E-state index contributed by atoms with van der Waals surface area (Å²) in [7, 11) is 1.95. The number of aliphatic hydroxyl groups excluding tert-OH is 1. The average Bonchev–Trinajstić information content (AvgIpc) is 2.53. The quantitative estimate of drug-likeness (QED) is 0.883. The van der Waals surface area contributed by atoms with E-state index in [-0.39, 0.29) is 0 Å². The smallest absolute Gasteiger partial charge is 0.113 e. The predicted molar refractivity (Wildman–Crippen MR) is 81.1 cm³/mol. The van der Waals surface area contributed by atoms with Crippen LogP contribution in [0.15, 0.2) is 54.7 Å². The van der Waals surface area contributed by atoms with Crippen molar-refractivity contribution in [1.29, 1.82) is 5.26 Å². The molecule has 0 spiro atoms. The Bertz CT molecular complexity index is 580. The molecule has 2 aromatic rings. The zero-order chi connectivity index (χ0) is 15.1. The zero-order valence-corrected chi connectivity index (χ0v) is 12.1. The molecule has 0 amide bonds. The van der Waals surface area contributed by atoms with E-state index in [9.17, 15) is 10.4 Å². The van der Waals surface area contributed by atoms with E-state index in [2.05, 4.69) is 11.1 Å². The van der Waals surface area contributed by atoms with Gasteiger partial charge >= 0.3 is 0 Å². The zero-order valence-electron chi connectivity index (χ0n) is 12.1. The summed E-state index contributed by atoms with van der Waals surface area (Å²) in [5.74, 6) is -0.506. The van der Waals surface area contributed by atoms with Gasteiger partial charge in [0.1, 0.15) is 6.10 Å². The summed E-state index contributed by atoms with van der Waals surface area (Å²) >= 11 is 0. The highest BCUT2D eigenvalue weighted by molar-refractivity contribution is 5.15. The molecule has 0 aliphatic carbocycles. The van der Waals surface area contributed by atoms with E-state index in [1.807, 2.05) is 48.3 Å². The van der Waals surface area contributed by atoms with Crippen molar-refractivity contribution in [3.05, 3.63) is 66.0 Å². The van der Waals surface area contributed by atoms with E-state index < -0.39 is 12.0 Å². The highest BCUT2D eigenvalue weighted by Gasteiger charge is 2.23. The predicted octanol–water partition coefficient (Wildman–Crippen LogP) is 2.39. The molecule has 0 radical (unpaired) electrons. The lowest BCUT2D eigenvalue weighted by Crippen LogP contribution is -2.28. The van der Waals surface area contributed by atoms with Crippen LogP contribution in [-0.2, 0) is 6.54 Å². The summed E-state index contributed by atoms with van der Waals surface area (Å²) < 4.78 is 0. The molecule has 0 bridgehead atoms. The first-order valence-electron chi connectivity index (χ1n) is 6.92. The summed E-state index contributed by atoms with van der Waals surface area (Å²) in [5, 5.41) is 19.6. The first kappa shape index (κ1) is 15.2. The van der Waals surface area contributed by atoms with Gasteiger partial charge in [0.2, 0.25) is 0 Å². The number of aromatic nitrogens is 1. The van der Waals surface area contributed by atoms with Crippen molar-refractivity contribution in [2.45, 2.75) is 12.6 Å². The Balaban J connectivity index is 1.97. The molecule has 0 unspecified atom stereocenters. The standard InChI is InChI=1S/C17H19N3O/c1-20(12-14-7-3-2-4-8-14)13-15(11-18)17(21)16-9-5-6-10-19-16/h2-10,15,17,21H,12-13H2,1H3/t15-,17+/m0/s1. The molecule has 1 N–H and O–H groups in total. The minimum Gasteiger partial charge on any atom is -0.385 e. The van der Waals surface area contributed by atoms with Gasteiger partial charge in [-0.1, -0.05) is 36.4 Å². The van der Waals surface area contributed by atoms with E-state index in [0.717, 1.165) is 6.54 Å². The largest absolute Gasteiger partial charge is 0.385 e. The number of nitrogens with zero attached hydrogens (tertiary/aromatic N) is 3. The molecule has 0 saturated carbocycles. The average molecular weight is 281 g/mol. The molecule has 1 aromatic carbocycles. The number of benzene rings is 1. The van der Waals surface area contributed by atoms with Crippen LogP contribution in [0.4, 0.5) is 0 Å². The minimum atomic E-state index is -0.866. The maximum Gasteiger partial charge on any atom is 0.113 e. The molecule has 2 rings (SSSR count). The van der Waals surface area contributed by atoms with E-state index in [1.54, 1.807) is 18.3 Å². The number of rotatable bonds is 6. The lowest BCUT2D eigenvalue weighted by Gasteiger charge is -2.23. The number of hydrogen-bond donors (Lipinski definition) is 1. The van der Waals surface area contributed by atoms with Crippen LogP contribution in [0.1, 0.15) is 17.4 Å². The van der Waals surface area contributed by atoms with Crippen molar-refractivity contribution in [3.8, 4) is 6.07 Å². The molecule has 21 heavy (non-hydrogen) atoms. The number of pyridine rings is 1. The van der Waals surface area contributed by atoms with E-state index in [4.69, 9.17) is 0 Å². The van der Waals surface area contributed by atoms with Crippen molar-refractivity contribution in [2.24, 2.45) is 5.92 Å². The van der Waals surface area contributed by atoms with Gasteiger partial charge in [0.05, 0.1) is 17.7 Å². The molecule has 2 atom stereocenters. The van der Waals surface area contributed by atoms with E-state index in [0.29, 0.717) is 12.2 Å². The third-order valence-corrected chi connectivity index (χ3v) is 3.34. The molecular formula is C17H19N3O. The van der Waals surface area contributed by atoms with Gasteiger partial charge in [-0.25, -0.2) is 0 Å². The minimum absolute atomic E-state index is 0.489. The third kappa shape index (κ3) is 4.38. The summed E-state index contributed by atoms with van der Waals surface area (Å²) in [6.45, 7) is 1.23. The molecule has 0 aliphatic heterocycles. The van der Waals surface area contributed by atoms with Gasteiger partial charge in [-0.15, -0.1) is 0 Å². The Kier molecular flexibility index (Phi) is 5.44. The number of hydrogen-bond acceptors (Lipinski definition) is 4. The van der Waals surface area contributed by atoms with Gasteiger partial charge in [-0.05, 0) is 24.7 Å². The first-order valence-corrected chi connectivity index (χ1v) is 6.92. The molecule has 0 saturated heterocycles. The lowest BCUT2D eigenvalue weighted by molar-refractivity contribution is 0.107. The fourth-order valence-electron chi connectivity index (χ4n) is 2.26. The van der Waals surface area contributed by atoms with Gasteiger partial charge in [-0.3, -0.25) is 4.98 Å². The molecule has 1 aromatic heterocycles. The molecular weight excluding hydrogens is 262 g/mol. The molecule has 108 valence electrons. The normalized spacial score (nSPS) is 13.6. The molecule has 4 heteroatoms. The highest BCUT2D eigenvalue weighted by atomic mass is 16.3. The summed E-state index contributed by atoms with van der Waals surface area (Å²) in [5.41, 5.74) is 1.72. The van der Waals surface area contributed by atoms with Gasteiger partial charge in [-0.2, -0.15) is 5.26 Å². The monoisotopic (exact) mass is 281 g/mol. The fourth-order valence-corrected chi connectivity index (χ4v) is 2.26. The van der Waals surface area contributed by atoms with Gasteiger partial charge in [0.15, 0.2) is 0 Å². The Morgan fingerprint density at radius 3 is 2.52 bits per heavy atom. The van der Waals surface area contributed by atoms with Crippen molar-refractivity contribution in [3.63, 3.8) is 0 Å². The van der Waals surface area contributed by atoms with Crippen molar-refractivity contribution < 1.29 is 5.11 Å². The number of nitriles is 1. The van der Waals surface area contributed by atoms with Gasteiger partial charge in [0, 0.05) is 19.3 Å². The molecule has 4 nitrogen and oxygen atoms in total.